The number of halogens is 1. The Bertz CT molecular complexity index is 452. The van der Waals surface area contributed by atoms with Gasteiger partial charge in [-0.3, -0.25) is 0 Å². The summed E-state index contributed by atoms with van der Waals surface area (Å²) in [5, 5.41) is 9.58. The molecule has 15 heavy (non-hydrogen) atoms. The molecule has 1 aromatic carbocycles. The number of phenolic OH excluding ortho intramolecular Hbond substituents is 1. The van der Waals surface area contributed by atoms with Gasteiger partial charge in [0.2, 0.25) is 9.05 Å². The fourth-order valence-electron chi connectivity index (χ4n) is 1.25. The van der Waals surface area contributed by atoms with E-state index in [9.17, 15) is 13.5 Å². The van der Waals surface area contributed by atoms with E-state index >= 15 is 0 Å². The van der Waals surface area contributed by atoms with Crippen LogP contribution in [0.4, 0.5) is 0 Å². The van der Waals surface area contributed by atoms with E-state index < -0.39 is 9.05 Å². The molecule has 0 radical (unpaired) electrons. The molecule has 0 saturated heterocycles. The number of hydrogen-bond acceptors (Lipinski definition) is 3. The van der Waals surface area contributed by atoms with Gasteiger partial charge in [-0.1, -0.05) is 26.0 Å². The maximum absolute atomic E-state index is 10.8. The van der Waals surface area contributed by atoms with Gasteiger partial charge in [0.05, 0.1) is 5.75 Å². The molecular weight excluding hydrogens is 236 g/mol. The average Bonchev–Trinajstić information content (AvgIpc) is 2.05. The molecule has 0 fully saturated rings. The fraction of sp³-hybridized carbons (Fsp3) is 0.400. The summed E-state index contributed by atoms with van der Waals surface area (Å²) < 4.78 is 21.7. The lowest BCUT2D eigenvalue weighted by molar-refractivity contribution is 0.468. The Morgan fingerprint density at radius 1 is 1.40 bits per heavy atom. The SMILES string of the molecule is CC(C)c1ccc(CS(=O)(=O)Cl)c(O)c1. The first-order chi connectivity index (χ1) is 6.79. The molecule has 0 unspecified atom stereocenters. The summed E-state index contributed by atoms with van der Waals surface area (Å²) in [6, 6.07) is 4.95. The van der Waals surface area contributed by atoms with Crippen molar-refractivity contribution < 1.29 is 13.5 Å². The summed E-state index contributed by atoms with van der Waals surface area (Å²) >= 11 is 0. The number of benzene rings is 1. The van der Waals surface area contributed by atoms with Gasteiger partial charge < -0.3 is 5.11 Å². The lowest BCUT2D eigenvalue weighted by Crippen LogP contribution is -1.96. The van der Waals surface area contributed by atoms with Gasteiger partial charge in [-0.25, -0.2) is 8.42 Å². The highest BCUT2D eigenvalue weighted by Gasteiger charge is 2.12. The van der Waals surface area contributed by atoms with Gasteiger partial charge in [-0.15, -0.1) is 0 Å². The molecule has 0 aromatic heterocycles. The highest BCUT2D eigenvalue weighted by Crippen LogP contribution is 2.25. The van der Waals surface area contributed by atoms with Crippen LogP contribution in [-0.2, 0) is 14.8 Å². The number of rotatable bonds is 3. The molecular formula is C10H13ClO3S. The number of phenols is 1. The Hall–Kier alpha value is -0.740. The van der Waals surface area contributed by atoms with Crippen molar-refractivity contribution in [2.45, 2.75) is 25.5 Å². The van der Waals surface area contributed by atoms with E-state index in [4.69, 9.17) is 10.7 Å². The average molecular weight is 249 g/mol. The zero-order valence-corrected chi connectivity index (χ0v) is 10.1. The predicted octanol–water partition coefficient (Wildman–Crippen LogP) is 2.58. The van der Waals surface area contributed by atoms with Gasteiger partial charge in [-0.2, -0.15) is 0 Å². The minimum absolute atomic E-state index is 0.0228. The molecule has 1 aromatic rings. The molecule has 0 atom stereocenters. The molecule has 5 heteroatoms. The second kappa shape index (κ2) is 4.41. The lowest BCUT2D eigenvalue weighted by Gasteiger charge is -2.08. The first kappa shape index (κ1) is 12.3. The molecule has 0 amide bonds. The molecule has 0 aliphatic rings. The maximum Gasteiger partial charge on any atom is 0.236 e. The first-order valence-electron chi connectivity index (χ1n) is 4.53. The molecule has 84 valence electrons. The standard InChI is InChI=1S/C10H13ClO3S/c1-7(2)8-3-4-9(10(12)5-8)6-15(11,13)14/h3-5,7,12H,6H2,1-2H3. The van der Waals surface area contributed by atoms with Crippen LogP contribution in [0.3, 0.4) is 0 Å². The molecule has 0 spiro atoms. The molecule has 0 aliphatic heterocycles. The third-order valence-corrected chi connectivity index (χ3v) is 3.09. The molecule has 0 aliphatic carbocycles. The molecule has 3 nitrogen and oxygen atoms in total. The van der Waals surface area contributed by atoms with Crippen LogP contribution in [0, 0.1) is 0 Å². The van der Waals surface area contributed by atoms with Crippen molar-refractivity contribution in [3.05, 3.63) is 29.3 Å². The Labute approximate surface area is 94.1 Å². The number of aromatic hydroxyl groups is 1. The highest BCUT2D eigenvalue weighted by molar-refractivity contribution is 8.13. The lowest BCUT2D eigenvalue weighted by atomic mass is 10.0. The van der Waals surface area contributed by atoms with E-state index in [-0.39, 0.29) is 17.4 Å². The summed E-state index contributed by atoms with van der Waals surface area (Å²) in [6.07, 6.45) is 0. The summed E-state index contributed by atoms with van der Waals surface area (Å²) in [4.78, 5) is 0. The molecule has 0 bridgehead atoms. The smallest absolute Gasteiger partial charge is 0.236 e. The van der Waals surface area contributed by atoms with E-state index in [0.29, 0.717) is 5.56 Å². The van der Waals surface area contributed by atoms with Crippen LogP contribution >= 0.6 is 10.7 Å². The number of hydrogen-bond donors (Lipinski definition) is 1. The second-order valence-corrected chi connectivity index (χ2v) is 6.50. The summed E-state index contributed by atoms with van der Waals surface area (Å²) in [5.74, 6) is -0.0818. The predicted molar refractivity (Wildman–Crippen MR) is 60.7 cm³/mol. The third kappa shape index (κ3) is 3.72. The zero-order valence-electron chi connectivity index (χ0n) is 8.57. The zero-order chi connectivity index (χ0) is 11.6. The minimum Gasteiger partial charge on any atom is -0.508 e. The van der Waals surface area contributed by atoms with Crippen LogP contribution < -0.4 is 0 Å². The summed E-state index contributed by atoms with van der Waals surface area (Å²) in [6.45, 7) is 3.99. The topological polar surface area (TPSA) is 54.4 Å². The van der Waals surface area contributed by atoms with Gasteiger partial charge in [-0.05, 0) is 17.5 Å². The van der Waals surface area contributed by atoms with Crippen molar-refractivity contribution in [2.24, 2.45) is 0 Å². The molecule has 0 saturated carbocycles. The Kier molecular flexibility index (Phi) is 3.62. The molecule has 1 N–H and O–H groups in total. The van der Waals surface area contributed by atoms with Crippen LogP contribution in [0.5, 0.6) is 5.75 Å². The first-order valence-corrected chi connectivity index (χ1v) is 7.01. The van der Waals surface area contributed by atoms with E-state index in [1.54, 1.807) is 18.2 Å². The van der Waals surface area contributed by atoms with Crippen LogP contribution in [-0.4, -0.2) is 13.5 Å². The molecule has 1 rings (SSSR count). The van der Waals surface area contributed by atoms with Crippen molar-refractivity contribution in [2.75, 3.05) is 0 Å². The van der Waals surface area contributed by atoms with Gasteiger partial charge in [0, 0.05) is 16.2 Å². The van der Waals surface area contributed by atoms with Crippen molar-refractivity contribution in [1.29, 1.82) is 0 Å². The highest BCUT2D eigenvalue weighted by atomic mass is 35.7. The van der Waals surface area contributed by atoms with Gasteiger partial charge in [0.25, 0.3) is 0 Å². The van der Waals surface area contributed by atoms with Crippen LogP contribution in [0.2, 0.25) is 0 Å². The Morgan fingerprint density at radius 2 is 2.00 bits per heavy atom. The monoisotopic (exact) mass is 248 g/mol. The second-order valence-electron chi connectivity index (χ2n) is 3.73. The third-order valence-electron chi connectivity index (χ3n) is 2.10. The van der Waals surface area contributed by atoms with Crippen molar-refractivity contribution in [3.8, 4) is 5.75 Å². The maximum atomic E-state index is 10.8. The van der Waals surface area contributed by atoms with Crippen LogP contribution in [0.25, 0.3) is 0 Å². The Balaban J connectivity index is 3.04. The van der Waals surface area contributed by atoms with Gasteiger partial charge >= 0.3 is 0 Å². The molecule has 0 heterocycles. The van der Waals surface area contributed by atoms with Crippen LogP contribution in [0.1, 0.15) is 30.9 Å². The minimum atomic E-state index is -3.62. The van der Waals surface area contributed by atoms with E-state index in [2.05, 4.69) is 0 Å². The summed E-state index contributed by atoms with van der Waals surface area (Å²) in [5.41, 5.74) is 1.29. The van der Waals surface area contributed by atoms with Crippen molar-refractivity contribution in [1.82, 2.24) is 0 Å². The van der Waals surface area contributed by atoms with Gasteiger partial charge in [0.15, 0.2) is 0 Å². The van der Waals surface area contributed by atoms with E-state index in [1.807, 2.05) is 13.8 Å². The fourth-order valence-corrected chi connectivity index (χ4v) is 2.22. The van der Waals surface area contributed by atoms with E-state index in [1.165, 1.54) is 0 Å². The normalized spacial score (nSPS) is 12.0. The Morgan fingerprint density at radius 3 is 2.40 bits per heavy atom. The van der Waals surface area contributed by atoms with E-state index in [0.717, 1.165) is 5.56 Å². The largest absolute Gasteiger partial charge is 0.508 e. The van der Waals surface area contributed by atoms with Crippen molar-refractivity contribution in [3.63, 3.8) is 0 Å². The van der Waals surface area contributed by atoms with Gasteiger partial charge in [0.1, 0.15) is 5.75 Å². The van der Waals surface area contributed by atoms with Crippen LogP contribution in [0.15, 0.2) is 18.2 Å². The van der Waals surface area contributed by atoms with Crippen molar-refractivity contribution >= 4 is 19.7 Å². The summed E-state index contributed by atoms with van der Waals surface area (Å²) in [7, 11) is 1.48. The quantitative estimate of drug-likeness (QED) is 0.837.